The number of carboxylic acids is 1. The molecule has 0 aliphatic heterocycles. The van der Waals surface area contributed by atoms with Gasteiger partial charge in [0.1, 0.15) is 5.75 Å². The Bertz CT molecular complexity index is 410. The van der Waals surface area contributed by atoms with E-state index in [1.54, 1.807) is 14.0 Å². The van der Waals surface area contributed by atoms with Crippen LogP contribution in [-0.4, -0.2) is 18.2 Å². The normalized spacial score (nSPS) is 12.5. The van der Waals surface area contributed by atoms with Crippen molar-refractivity contribution in [3.05, 3.63) is 29.3 Å². The van der Waals surface area contributed by atoms with Crippen LogP contribution in [-0.2, 0) is 11.2 Å². The summed E-state index contributed by atoms with van der Waals surface area (Å²) in [5.41, 5.74) is 2.32. The maximum absolute atomic E-state index is 10.8. The highest BCUT2D eigenvalue weighted by atomic mass is 16.5. The van der Waals surface area contributed by atoms with Gasteiger partial charge in [0, 0.05) is 0 Å². The number of aryl methyl sites for hydroxylation is 1. The Morgan fingerprint density at radius 2 is 2.00 bits per heavy atom. The molecule has 3 nitrogen and oxygen atoms in total. The van der Waals surface area contributed by atoms with E-state index >= 15 is 0 Å². The molecule has 0 amide bonds. The van der Waals surface area contributed by atoms with Crippen molar-refractivity contribution in [3.8, 4) is 5.75 Å². The summed E-state index contributed by atoms with van der Waals surface area (Å²) in [7, 11) is 1.66. The number of aliphatic carboxylic acids is 1. The van der Waals surface area contributed by atoms with Crippen molar-refractivity contribution in [1.82, 2.24) is 0 Å². The van der Waals surface area contributed by atoms with Gasteiger partial charge in [0.15, 0.2) is 0 Å². The lowest BCUT2D eigenvalue weighted by Gasteiger charge is -2.13. The van der Waals surface area contributed by atoms with E-state index in [0.717, 1.165) is 17.7 Å². The molecule has 0 fully saturated rings. The van der Waals surface area contributed by atoms with Gasteiger partial charge < -0.3 is 9.84 Å². The van der Waals surface area contributed by atoms with Gasteiger partial charge in [-0.3, -0.25) is 4.79 Å². The maximum Gasteiger partial charge on any atom is 0.306 e. The fourth-order valence-corrected chi connectivity index (χ4v) is 1.82. The van der Waals surface area contributed by atoms with Crippen LogP contribution in [0.4, 0.5) is 0 Å². The summed E-state index contributed by atoms with van der Waals surface area (Å²) in [6.07, 6.45) is 1.36. The molecule has 1 atom stereocenters. The van der Waals surface area contributed by atoms with Crippen molar-refractivity contribution in [2.24, 2.45) is 5.92 Å². The molecule has 1 aromatic rings. The quantitative estimate of drug-likeness (QED) is 0.840. The second-order valence-corrected chi connectivity index (χ2v) is 5.00. The Hall–Kier alpha value is -1.51. The molecule has 0 saturated carbocycles. The summed E-state index contributed by atoms with van der Waals surface area (Å²) in [4.78, 5) is 10.8. The molecule has 0 saturated heterocycles. The molecule has 0 aliphatic rings. The van der Waals surface area contributed by atoms with Crippen molar-refractivity contribution < 1.29 is 14.6 Å². The van der Waals surface area contributed by atoms with Crippen molar-refractivity contribution in [1.29, 1.82) is 0 Å². The van der Waals surface area contributed by atoms with Gasteiger partial charge in [-0.25, -0.2) is 0 Å². The number of methoxy groups -OCH3 is 1. The van der Waals surface area contributed by atoms with Crippen molar-refractivity contribution in [2.75, 3.05) is 7.11 Å². The molecule has 0 aromatic heterocycles. The minimum Gasteiger partial charge on any atom is -0.496 e. The zero-order valence-electron chi connectivity index (χ0n) is 11.6. The van der Waals surface area contributed by atoms with Gasteiger partial charge in [0.25, 0.3) is 0 Å². The molecule has 0 radical (unpaired) electrons. The molecule has 0 bridgehead atoms. The minimum absolute atomic E-state index is 0.320. The van der Waals surface area contributed by atoms with E-state index in [4.69, 9.17) is 9.84 Å². The van der Waals surface area contributed by atoms with Crippen LogP contribution in [0.1, 0.15) is 44.2 Å². The molecule has 0 heterocycles. The highest BCUT2D eigenvalue weighted by molar-refractivity contribution is 5.69. The maximum atomic E-state index is 10.8. The smallest absolute Gasteiger partial charge is 0.306 e. The Kier molecular flexibility index (Phi) is 5.20. The lowest BCUT2D eigenvalue weighted by atomic mass is 9.96. The summed E-state index contributed by atoms with van der Waals surface area (Å²) in [5, 5.41) is 8.87. The van der Waals surface area contributed by atoms with Crippen LogP contribution < -0.4 is 4.74 Å². The van der Waals surface area contributed by atoms with E-state index < -0.39 is 5.97 Å². The third-order valence-corrected chi connectivity index (χ3v) is 3.25. The zero-order valence-corrected chi connectivity index (χ0v) is 11.6. The van der Waals surface area contributed by atoms with E-state index in [-0.39, 0.29) is 5.92 Å². The topological polar surface area (TPSA) is 46.5 Å². The van der Waals surface area contributed by atoms with Gasteiger partial charge in [0.2, 0.25) is 0 Å². The van der Waals surface area contributed by atoms with E-state index in [2.05, 4.69) is 19.9 Å². The molecule has 0 spiro atoms. The Balaban J connectivity index is 2.80. The van der Waals surface area contributed by atoms with Gasteiger partial charge in [-0.1, -0.05) is 32.9 Å². The highest BCUT2D eigenvalue weighted by Gasteiger charge is 2.13. The first-order valence-electron chi connectivity index (χ1n) is 6.35. The van der Waals surface area contributed by atoms with Crippen LogP contribution in [0.25, 0.3) is 0 Å². The predicted molar refractivity (Wildman–Crippen MR) is 72.2 cm³/mol. The standard InChI is InChI=1S/C15H22O3/c1-10(2)13-8-7-12(14(9-13)18-4)6-5-11(3)15(16)17/h7-11H,5-6H2,1-4H3,(H,16,17). The Morgan fingerprint density at radius 3 is 2.50 bits per heavy atom. The number of hydrogen-bond acceptors (Lipinski definition) is 2. The van der Waals surface area contributed by atoms with E-state index in [1.807, 2.05) is 12.1 Å². The molecule has 1 unspecified atom stereocenters. The molecule has 3 heteroatoms. The SMILES string of the molecule is COc1cc(C(C)C)ccc1CCC(C)C(=O)O. The van der Waals surface area contributed by atoms with Crippen molar-refractivity contribution in [3.63, 3.8) is 0 Å². The van der Waals surface area contributed by atoms with Crippen LogP contribution in [0, 0.1) is 5.92 Å². The lowest BCUT2D eigenvalue weighted by molar-refractivity contribution is -0.141. The van der Waals surface area contributed by atoms with Crippen LogP contribution in [0.2, 0.25) is 0 Å². The monoisotopic (exact) mass is 250 g/mol. The molecule has 100 valence electrons. The van der Waals surface area contributed by atoms with Gasteiger partial charge in [-0.15, -0.1) is 0 Å². The van der Waals surface area contributed by atoms with Crippen molar-refractivity contribution >= 4 is 5.97 Å². The Labute approximate surface area is 109 Å². The van der Waals surface area contributed by atoms with E-state index in [0.29, 0.717) is 12.3 Å². The fraction of sp³-hybridized carbons (Fsp3) is 0.533. The molecule has 18 heavy (non-hydrogen) atoms. The highest BCUT2D eigenvalue weighted by Crippen LogP contribution is 2.26. The fourth-order valence-electron chi connectivity index (χ4n) is 1.82. The molecule has 1 rings (SSSR count). The van der Waals surface area contributed by atoms with Gasteiger partial charge >= 0.3 is 5.97 Å². The average molecular weight is 250 g/mol. The predicted octanol–water partition coefficient (Wildman–Crippen LogP) is 3.47. The van der Waals surface area contributed by atoms with Crippen LogP contribution >= 0.6 is 0 Å². The lowest BCUT2D eigenvalue weighted by Crippen LogP contribution is -2.10. The van der Waals surface area contributed by atoms with Crippen molar-refractivity contribution in [2.45, 2.75) is 39.5 Å². The molecule has 0 aliphatic carbocycles. The number of ether oxygens (including phenoxy) is 1. The van der Waals surface area contributed by atoms with E-state index in [1.165, 1.54) is 5.56 Å². The van der Waals surface area contributed by atoms with E-state index in [9.17, 15) is 4.79 Å². The van der Waals surface area contributed by atoms with Gasteiger partial charge in [-0.05, 0) is 36.0 Å². The second-order valence-electron chi connectivity index (χ2n) is 5.00. The molecular formula is C15H22O3. The largest absolute Gasteiger partial charge is 0.496 e. The number of rotatable bonds is 6. The van der Waals surface area contributed by atoms with Crippen LogP contribution in [0.15, 0.2) is 18.2 Å². The minimum atomic E-state index is -0.743. The number of carboxylic acid groups (broad SMARTS) is 1. The number of carbonyl (C=O) groups is 1. The zero-order chi connectivity index (χ0) is 13.7. The Morgan fingerprint density at radius 1 is 1.33 bits per heavy atom. The average Bonchev–Trinajstić information content (AvgIpc) is 2.35. The second kappa shape index (κ2) is 6.43. The molecular weight excluding hydrogens is 228 g/mol. The summed E-state index contributed by atoms with van der Waals surface area (Å²) in [6.45, 7) is 6.01. The van der Waals surface area contributed by atoms with Gasteiger partial charge in [-0.2, -0.15) is 0 Å². The first-order chi connectivity index (χ1) is 8.45. The summed E-state index contributed by atoms with van der Waals surface area (Å²) < 4.78 is 5.38. The summed E-state index contributed by atoms with van der Waals surface area (Å²) in [5.74, 6) is 0.261. The first kappa shape index (κ1) is 14.6. The number of hydrogen-bond donors (Lipinski definition) is 1. The molecule has 1 N–H and O–H groups in total. The third kappa shape index (κ3) is 3.76. The molecule has 1 aromatic carbocycles. The first-order valence-corrected chi connectivity index (χ1v) is 6.35. The van der Waals surface area contributed by atoms with Crippen LogP contribution in [0.5, 0.6) is 5.75 Å². The third-order valence-electron chi connectivity index (χ3n) is 3.25. The van der Waals surface area contributed by atoms with Crippen LogP contribution in [0.3, 0.4) is 0 Å². The summed E-state index contributed by atoms with van der Waals surface area (Å²) in [6, 6.07) is 6.18. The number of benzene rings is 1. The van der Waals surface area contributed by atoms with Gasteiger partial charge in [0.05, 0.1) is 13.0 Å². The summed E-state index contributed by atoms with van der Waals surface area (Å²) >= 11 is 0.